The average molecular weight is 336 g/mol. The van der Waals surface area contributed by atoms with E-state index in [9.17, 15) is 5.11 Å². The van der Waals surface area contributed by atoms with Gasteiger partial charge in [-0.15, -0.1) is 0 Å². The molecule has 120 valence electrons. The quantitative estimate of drug-likeness (QED) is 0.689. The first-order valence-corrected chi connectivity index (χ1v) is 7.80. The zero-order chi connectivity index (χ0) is 15.7. The Balaban J connectivity index is 2.34. The van der Waals surface area contributed by atoms with Gasteiger partial charge in [-0.2, -0.15) is 0 Å². The van der Waals surface area contributed by atoms with Gasteiger partial charge in [-0.1, -0.05) is 36.5 Å². The van der Waals surface area contributed by atoms with Crippen molar-refractivity contribution in [3.63, 3.8) is 0 Å². The maximum atomic E-state index is 9.94. The van der Waals surface area contributed by atoms with Crippen LogP contribution in [0.15, 0.2) is 18.2 Å². The second kappa shape index (κ2) is 10.2. The van der Waals surface area contributed by atoms with Gasteiger partial charge in [0.2, 0.25) is 0 Å². The molecule has 0 aliphatic rings. The molecule has 0 aliphatic heterocycles. The zero-order valence-corrected chi connectivity index (χ0v) is 14.0. The van der Waals surface area contributed by atoms with E-state index in [1.165, 1.54) is 0 Å². The lowest BCUT2D eigenvalue weighted by molar-refractivity contribution is 0.0947. The fourth-order valence-corrected chi connectivity index (χ4v) is 2.40. The Morgan fingerprint density at radius 2 is 2.05 bits per heavy atom. The van der Waals surface area contributed by atoms with Crippen molar-refractivity contribution in [1.29, 1.82) is 0 Å². The van der Waals surface area contributed by atoms with Crippen LogP contribution in [0.1, 0.15) is 19.8 Å². The van der Waals surface area contributed by atoms with E-state index in [0.29, 0.717) is 28.9 Å². The number of hydrogen-bond acceptors (Lipinski definition) is 4. The molecular weight excluding hydrogens is 313 g/mol. The summed E-state index contributed by atoms with van der Waals surface area (Å²) in [6, 6.07) is 5.24. The smallest absolute Gasteiger partial charge is 0.138 e. The van der Waals surface area contributed by atoms with Gasteiger partial charge in [-0.25, -0.2) is 0 Å². The van der Waals surface area contributed by atoms with Crippen molar-refractivity contribution < 1.29 is 14.6 Å². The molecule has 6 heteroatoms. The summed E-state index contributed by atoms with van der Waals surface area (Å²) in [6.45, 7) is 3.36. The van der Waals surface area contributed by atoms with Crippen molar-refractivity contribution in [2.24, 2.45) is 0 Å². The van der Waals surface area contributed by atoms with Crippen LogP contribution in [0.25, 0.3) is 0 Å². The number of aliphatic hydroxyl groups excluding tert-OH is 1. The Morgan fingerprint density at radius 1 is 1.29 bits per heavy atom. The van der Waals surface area contributed by atoms with Crippen LogP contribution < -0.4 is 10.1 Å². The number of ether oxygens (including phenoxy) is 2. The summed E-state index contributed by atoms with van der Waals surface area (Å²) < 4.78 is 10.6. The molecule has 4 nitrogen and oxygen atoms in total. The first-order valence-electron chi connectivity index (χ1n) is 7.05. The highest BCUT2D eigenvalue weighted by molar-refractivity contribution is 6.35. The van der Waals surface area contributed by atoms with Gasteiger partial charge in [0.15, 0.2) is 0 Å². The Morgan fingerprint density at radius 3 is 2.67 bits per heavy atom. The highest BCUT2D eigenvalue weighted by atomic mass is 35.5. The molecule has 0 radical (unpaired) electrons. The van der Waals surface area contributed by atoms with Gasteiger partial charge in [0.05, 0.1) is 11.6 Å². The van der Waals surface area contributed by atoms with E-state index in [-0.39, 0.29) is 12.6 Å². The van der Waals surface area contributed by atoms with Crippen molar-refractivity contribution >= 4 is 23.2 Å². The van der Waals surface area contributed by atoms with E-state index in [1.54, 1.807) is 25.3 Å². The van der Waals surface area contributed by atoms with Crippen LogP contribution >= 0.6 is 23.2 Å². The third kappa shape index (κ3) is 7.34. The van der Waals surface area contributed by atoms with E-state index in [0.717, 1.165) is 12.8 Å². The van der Waals surface area contributed by atoms with Crippen molar-refractivity contribution in [3.05, 3.63) is 28.2 Å². The SMILES string of the molecule is CCCC(COC)NCC(O)COc1ccc(Cl)cc1Cl. The zero-order valence-electron chi connectivity index (χ0n) is 12.4. The van der Waals surface area contributed by atoms with Crippen LogP contribution in [0.5, 0.6) is 5.75 Å². The van der Waals surface area contributed by atoms with Gasteiger partial charge < -0.3 is 19.9 Å². The molecule has 1 aromatic rings. The molecule has 0 heterocycles. The standard InChI is InChI=1S/C15H23Cl2NO3/c1-3-4-12(9-20-2)18-8-13(19)10-21-15-6-5-11(16)7-14(15)17/h5-7,12-13,18-19H,3-4,8-10H2,1-2H3. The summed E-state index contributed by atoms with van der Waals surface area (Å²) in [5, 5.41) is 14.2. The summed E-state index contributed by atoms with van der Waals surface area (Å²) in [5.41, 5.74) is 0. The van der Waals surface area contributed by atoms with E-state index in [1.807, 2.05) is 0 Å². The molecule has 0 amide bonds. The molecule has 2 atom stereocenters. The lowest BCUT2D eigenvalue weighted by Crippen LogP contribution is -2.40. The molecule has 1 rings (SSSR count). The molecule has 0 spiro atoms. The minimum Gasteiger partial charge on any atom is -0.489 e. The Bertz CT molecular complexity index is 412. The minimum atomic E-state index is -0.618. The van der Waals surface area contributed by atoms with Gasteiger partial charge in [0, 0.05) is 24.7 Å². The molecule has 21 heavy (non-hydrogen) atoms. The number of nitrogens with one attached hydrogen (secondary N) is 1. The molecule has 0 aromatic heterocycles. The molecule has 0 aliphatic carbocycles. The Hall–Kier alpha value is -0.520. The molecule has 0 fully saturated rings. The van der Waals surface area contributed by atoms with Crippen LogP contribution in [0.4, 0.5) is 0 Å². The van der Waals surface area contributed by atoms with Crippen LogP contribution in [0.3, 0.4) is 0 Å². The lowest BCUT2D eigenvalue weighted by Gasteiger charge is -2.20. The number of rotatable bonds is 10. The van der Waals surface area contributed by atoms with E-state index in [2.05, 4.69) is 12.2 Å². The molecule has 0 saturated carbocycles. The normalized spacial score (nSPS) is 14.0. The monoisotopic (exact) mass is 335 g/mol. The number of halogens is 2. The maximum Gasteiger partial charge on any atom is 0.138 e. The summed E-state index contributed by atoms with van der Waals surface area (Å²) in [5.74, 6) is 0.516. The lowest BCUT2D eigenvalue weighted by atomic mass is 10.2. The highest BCUT2D eigenvalue weighted by Gasteiger charge is 2.11. The van der Waals surface area contributed by atoms with Crippen LogP contribution in [-0.2, 0) is 4.74 Å². The van der Waals surface area contributed by atoms with Crippen LogP contribution in [0, 0.1) is 0 Å². The van der Waals surface area contributed by atoms with Gasteiger partial charge in [-0.05, 0) is 24.6 Å². The predicted octanol–water partition coefficient (Wildman–Crippen LogP) is 3.14. The summed E-state index contributed by atoms with van der Waals surface area (Å²) in [4.78, 5) is 0. The topological polar surface area (TPSA) is 50.7 Å². The first kappa shape index (κ1) is 18.5. The second-order valence-corrected chi connectivity index (χ2v) is 5.73. The predicted molar refractivity (Wildman–Crippen MR) is 86.5 cm³/mol. The molecule has 0 saturated heterocycles. The fourth-order valence-electron chi connectivity index (χ4n) is 1.93. The highest BCUT2D eigenvalue weighted by Crippen LogP contribution is 2.27. The first-order chi connectivity index (χ1) is 10.1. The van der Waals surface area contributed by atoms with Crippen molar-refractivity contribution in [2.75, 3.05) is 26.9 Å². The Labute approximate surface area is 136 Å². The summed E-state index contributed by atoms with van der Waals surface area (Å²) in [7, 11) is 1.67. The second-order valence-electron chi connectivity index (χ2n) is 4.89. The van der Waals surface area contributed by atoms with Crippen LogP contribution in [0.2, 0.25) is 10.0 Å². The number of methoxy groups -OCH3 is 1. The molecule has 1 aromatic carbocycles. The molecule has 2 N–H and O–H groups in total. The summed E-state index contributed by atoms with van der Waals surface area (Å²) >= 11 is 11.8. The van der Waals surface area contributed by atoms with Crippen LogP contribution in [-0.4, -0.2) is 44.1 Å². The van der Waals surface area contributed by atoms with E-state index >= 15 is 0 Å². The third-order valence-corrected chi connectivity index (χ3v) is 3.50. The molecule has 0 bridgehead atoms. The van der Waals surface area contributed by atoms with Gasteiger partial charge in [0.1, 0.15) is 18.5 Å². The van der Waals surface area contributed by atoms with Gasteiger partial charge in [-0.3, -0.25) is 0 Å². The minimum absolute atomic E-state index is 0.167. The number of aliphatic hydroxyl groups is 1. The third-order valence-electron chi connectivity index (χ3n) is 2.97. The molecular formula is C15H23Cl2NO3. The van der Waals surface area contributed by atoms with Crippen molar-refractivity contribution in [1.82, 2.24) is 5.32 Å². The van der Waals surface area contributed by atoms with Gasteiger partial charge in [0.25, 0.3) is 0 Å². The van der Waals surface area contributed by atoms with E-state index in [4.69, 9.17) is 32.7 Å². The summed E-state index contributed by atoms with van der Waals surface area (Å²) in [6.07, 6.45) is 1.45. The maximum absolute atomic E-state index is 9.94. The van der Waals surface area contributed by atoms with Gasteiger partial charge >= 0.3 is 0 Å². The largest absolute Gasteiger partial charge is 0.489 e. The number of benzene rings is 1. The fraction of sp³-hybridized carbons (Fsp3) is 0.600. The number of hydrogen-bond donors (Lipinski definition) is 2. The molecule has 2 unspecified atom stereocenters. The Kier molecular flexibility index (Phi) is 9.04. The average Bonchev–Trinajstić information content (AvgIpc) is 2.44. The van der Waals surface area contributed by atoms with Crippen molar-refractivity contribution in [3.8, 4) is 5.75 Å². The van der Waals surface area contributed by atoms with Crippen molar-refractivity contribution in [2.45, 2.75) is 31.9 Å². The van der Waals surface area contributed by atoms with E-state index < -0.39 is 6.10 Å².